The molecule has 4 N–H and O–H groups in total. The number of nitrogens with zero attached hydrogens (tertiary/aromatic N) is 3. The van der Waals surface area contributed by atoms with Crippen LogP contribution in [0.15, 0.2) is 6.20 Å². The van der Waals surface area contributed by atoms with Crippen molar-refractivity contribution in [3.05, 3.63) is 11.8 Å². The van der Waals surface area contributed by atoms with Crippen molar-refractivity contribution in [1.29, 1.82) is 0 Å². The van der Waals surface area contributed by atoms with Gasteiger partial charge in [-0.3, -0.25) is 4.79 Å². The molecular formula is C20H36N6O2. The van der Waals surface area contributed by atoms with Gasteiger partial charge in [-0.2, -0.15) is 4.98 Å². The fourth-order valence-corrected chi connectivity index (χ4v) is 3.43. The monoisotopic (exact) mass is 392 g/mol. The average Bonchev–Trinajstić information content (AvgIpc) is 2.63. The normalized spacial score (nSPS) is 20.6. The lowest BCUT2D eigenvalue weighted by molar-refractivity contribution is 0.0934. The summed E-state index contributed by atoms with van der Waals surface area (Å²) in [7, 11) is 3.96. The summed E-state index contributed by atoms with van der Waals surface area (Å²) in [5, 5.41) is 19.4. The van der Waals surface area contributed by atoms with Gasteiger partial charge in [-0.1, -0.05) is 13.3 Å². The number of unbranched alkanes of at least 4 members (excludes halogenated alkanes) is 1. The number of hydrogen-bond acceptors (Lipinski definition) is 7. The fraction of sp³-hybridized carbons (Fsp3) is 0.750. The molecule has 0 aromatic carbocycles. The standard InChI is InChI=1S/C20H36N6O2/c1-5-6-11-21-20-22-12-17(19(28)23-14(2)13-26(3)4)18(25-20)24-15-7-9-16(27)10-8-15/h12,14-16,27H,5-11,13H2,1-4H3,(H,23,28)(H2,21,22,24,25). The van der Waals surface area contributed by atoms with Gasteiger partial charge in [0.2, 0.25) is 5.95 Å². The quantitative estimate of drug-likeness (QED) is 0.452. The summed E-state index contributed by atoms with van der Waals surface area (Å²) < 4.78 is 0. The van der Waals surface area contributed by atoms with E-state index in [4.69, 9.17) is 0 Å². The summed E-state index contributed by atoms with van der Waals surface area (Å²) in [6, 6.07) is 0.218. The van der Waals surface area contributed by atoms with E-state index in [-0.39, 0.29) is 24.1 Å². The van der Waals surface area contributed by atoms with Crippen LogP contribution in [0.2, 0.25) is 0 Å². The third-order valence-electron chi connectivity index (χ3n) is 4.90. The lowest BCUT2D eigenvalue weighted by Crippen LogP contribution is -2.40. The van der Waals surface area contributed by atoms with Crippen LogP contribution in [0, 0.1) is 0 Å². The largest absolute Gasteiger partial charge is 0.393 e. The van der Waals surface area contributed by atoms with Crippen molar-refractivity contribution in [3.63, 3.8) is 0 Å². The third kappa shape index (κ3) is 7.24. The molecule has 1 amide bonds. The van der Waals surface area contributed by atoms with Gasteiger partial charge in [-0.25, -0.2) is 4.98 Å². The number of anilines is 2. The lowest BCUT2D eigenvalue weighted by Gasteiger charge is -2.27. The topological polar surface area (TPSA) is 102 Å². The van der Waals surface area contributed by atoms with Crippen molar-refractivity contribution in [2.75, 3.05) is 37.8 Å². The molecule has 0 saturated heterocycles. The Bertz CT molecular complexity index is 617. The minimum atomic E-state index is -0.218. The van der Waals surface area contributed by atoms with Crippen LogP contribution in [-0.2, 0) is 0 Å². The second-order valence-electron chi connectivity index (χ2n) is 8.02. The predicted molar refractivity (Wildman–Crippen MR) is 113 cm³/mol. The molecule has 1 aliphatic rings. The SMILES string of the molecule is CCCCNc1ncc(C(=O)NC(C)CN(C)C)c(NC2CCC(O)CC2)n1. The molecule has 2 rings (SSSR count). The molecule has 8 heteroatoms. The van der Waals surface area contributed by atoms with Gasteiger partial charge in [0.25, 0.3) is 5.91 Å². The zero-order valence-electron chi connectivity index (χ0n) is 17.7. The smallest absolute Gasteiger partial charge is 0.256 e. The molecule has 28 heavy (non-hydrogen) atoms. The van der Waals surface area contributed by atoms with E-state index in [9.17, 15) is 9.90 Å². The second kappa shape index (κ2) is 11.2. The Labute approximate surface area is 168 Å². The number of aromatic nitrogens is 2. The lowest BCUT2D eigenvalue weighted by atomic mass is 9.93. The van der Waals surface area contributed by atoms with Crippen LogP contribution < -0.4 is 16.0 Å². The van der Waals surface area contributed by atoms with Crippen molar-refractivity contribution in [2.24, 2.45) is 0 Å². The molecule has 0 spiro atoms. The molecule has 0 radical (unpaired) electrons. The van der Waals surface area contributed by atoms with Crippen LogP contribution in [0.4, 0.5) is 11.8 Å². The summed E-state index contributed by atoms with van der Waals surface area (Å²) in [4.78, 5) is 23.8. The highest BCUT2D eigenvalue weighted by Crippen LogP contribution is 2.23. The average molecular weight is 393 g/mol. The highest BCUT2D eigenvalue weighted by atomic mass is 16.3. The van der Waals surface area contributed by atoms with Crippen molar-refractivity contribution in [2.45, 2.75) is 70.6 Å². The summed E-state index contributed by atoms with van der Waals surface area (Å²) in [6.07, 6.45) is 6.77. The first kappa shape index (κ1) is 22.4. The molecule has 0 bridgehead atoms. The van der Waals surface area contributed by atoms with Crippen molar-refractivity contribution in [1.82, 2.24) is 20.2 Å². The number of hydrogen-bond donors (Lipinski definition) is 4. The maximum atomic E-state index is 12.8. The van der Waals surface area contributed by atoms with Crippen molar-refractivity contribution < 1.29 is 9.90 Å². The van der Waals surface area contributed by atoms with Crippen LogP contribution >= 0.6 is 0 Å². The fourth-order valence-electron chi connectivity index (χ4n) is 3.43. The molecule has 1 fully saturated rings. The molecule has 0 aliphatic heterocycles. The number of amides is 1. The first-order valence-electron chi connectivity index (χ1n) is 10.4. The van der Waals surface area contributed by atoms with Gasteiger partial charge in [-0.15, -0.1) is 0 Å². The zero-order chi connectivity index (χ0) is 20.5. The van der Waals surface area contributed by atoms with Gasteiger partial charge in [-0.05, 0) is 53.1 Å². The van der Waals surface area contributed by atoms with Crippen LogP contribution in [0.25, 0.3) is 0 Å². The molecular weight excluding hydrogens is 356 g/mol. The maximum absolute atomic E-state index is 12.8. The third-order valence-corrected chi connectivity index (χ3v) is 4.90. The van der Waals surface area contributed by atoms with Gasteiger partial charge in [0.1, 0.15) is 11.4 Å². The molecule has 1 aromatic rings. The summed E-state index contributed by atoms with van der Waals surface area (Å²) in [5.74, 6) is 0.919. The van der Waals surface area contributed by atoms with Gasteiger partial charge in [0.15, 0.2) is 0 Å². The maximum Gasteiger partial charge on any atom is 0.256 e. The van der Waals surface area contributed by atoms with Crippen LogP contribution in [0.3, 0.4) is 0 Å². The van der Waals surface area contributed by atoms with E-state index < -0.39 is 0 Å². The minimum Gasteiger partial charge on any atom is -0.393 e. The van der Waals surface area contributed by atoms with E-state index in [1.807, 2.05) is 25.9 Å². The number of carbonyl (C=O) groups excluding carboxylic acids is 1. The van der Waals surface area contributed by atoms with E-state index in [0.717, 1.165) is 51.6 Å². The molecule has 158 valence electrons. The van der Waals surface area contributed by atoms with Crippen molar-refractivity contribution >= 4 is 17.7 Å². The highest BCUT2D eigenvalue weighted by Gasteiger charge is 2.23. The zero-order valence-corrected chi connectivity index (χ0v) is 17.7. The number of aliphatic hydroxyl groups excluding tert-OH is 1. The van der Waals surface area contributed by atoms with Crippen LogP contribution in [0.5, 0.6) is 0 Å². The minimum absolute atomic E-state index is 0.0162. The summed E-state index contributed by atoms with van der Waals surface area (Å²) in [6.45, 7) is 5.67. The molecule has 1 aromatic heterocycles. The molecule has 1 saturated carbocycles. The Morgan fingerprint density at radius 1 is 1.32 bits per heavy atom. The first-order valence-corrected chi connectivity index (χ1v) is 10.4. The van der Waals surface area contributed by atoms with Gasteiger partial charge < -0.3 is 26.0 Å². The molecule has 1 heterocycles. The van der Waals surface area contributed by atoms with Gasteiger partial charge in [0.05, 0.1) is 6.10 Å². The predicted octanol–water partition coefficient (Wildman–Crippen LogP) is 2.08. The summed E-state index contributed by atoms with van der Waals surface area (Å²) in [5.41, 5.74) is 0.456. The van der Waals surface area contributed by atoms with Gasteiger partial charge in [0, 0.05) is 31.4 Å². The van der Waals surface area contributed by atoms with E-state index in [1.165, 1.54) is 0 Å². The van der Waals surface area contributed by atoms with E-state index in [0.29, 0.717) is 17.3 Å². The van der Waals surface area contributed by atoms with Gasteiger partial charge >= 0.3 is 0 Å². The Balaban J connectivity index is 2.13. The summed E-state index contributed by atoms with van der Waals surface area (Å²) >= 11 is 0. The van der Waals surface area contributed by atoms with E-state index in [1.54, 1.807) is 6.20 Å². The molecule has 1 atom stereocenters. The molecule has 1 aliphatic carbocycles. The Morgan fingerprint density at radius 3 is 2.68 bits per heavy atom. The first-order chi connectivity index (χ1) is 13.4. The second-order valence-corrected chi connectivity index (χ2v) is 8.02. The molecule has 1 unspecified atom stereocenters. The Kier molecular flexibility index (Phi) is 8.92. The highest BCUT2D eigenvalue weighted by molar-refractivity contribution is 5.98. The number of rotatable bonds is 10. The Morgan fingerprint density at radius 2 is 2.04 bits per heavy atom. The number of aliphatic hydroxyl groups is 1. The number of nitrogens with one attached hydrogen (secondary N) is 3. The number of likely N-dealkylation sites (N-methyl/N-ethyl adjacent to an activating group) is 1. The Hall–Kier alpha value is -1.93. The van der Waals surface area contributed by atoms with E-state index in [2.05, 4.69) is 32.8 Å². The van der Waals surface area contributed by atoms with Crippen molar-refractivity contribution in [3.8, 4) is 0 Å². The number of carbonyl (C=O) groups is 1. The van der Waals surface area contributed by atoms with Crippen LogP contribution in [-0.4, -0.2) is 71.3 Å². The van der Waals surface area contributed by atoms with Crippen LogP contribution in [0.1, 0.15) is 62.7 Å². The molecule has 8 nitrogen and oxygen atoms in total. The van der Waals surface area contributed by atoms with E-state index >= 15 is 0 Å².